The van der Waals surface area contributed by atoms with Crippen LogP contribution in [0.5, 0.6) is 0 Å². The minimum atomic E-state index is -4.64. The largest absolute Gasteiger partial charge is 0.756 e. The van der Waals surface area contributed by atoms with E-state index in [2.05, 4.69) is 31.2 Å². The Kier molecular flexibility index (Phi) is 21.9. The van der Waals surface area contributed by atoms with Gasteiger partial charge in [0.25, 0.3) is 7.82 Å². The summed E-state index contributed by atoms with van der Waals surface area (Å²) in [7, 11) is 0.998. The maximum absolute atomic E-state index is 12.2. The molecule has 0 saturated heterocycles. The van der Waals surface area contributed by atoms with Gasteiger partial charge in [0, 0.05) is 19.8 Å². The molecule has 0 aromatic carbocycles. The van der Waals surface area contributed by atoms with Gasteiger partial charge < -0.3 is 27.9 Å². The van der Waals surface area contributed by atoms with Crippen LogP contribution in [0.25, 0.3) is 0 Å². The van der Waals surface area contributed by atoms with Crippen LogP contribution in [0.3, 0.4) is 0 Å². The second kappa shape index (κ2) is 23.2. The number of quaternary nitrogens is 1. The number of carbonyl (C=O) groups is 3. The van der Waals surface area contributed by atoms with Crippen molar-refractivity contribution in [3.63, 3.8) is 0 Å². The van der Waals surface area contributed by atoms with Gasteiger partial charge in [0.2, 0.25) is 0 Å². The highest BCUT2D eigenvalue weighted by Gasteiger charge is 2.21. The first kappa shape index (κ1) is 38.6. The van der Waals surface area contributed by atoms with Crippen LogP contribution in [0.1, 0.15) is 71.6 Å². The lowest BCUT2D eigenvalue weighted by Gasteiger charge is -2.28. The van der Waals surface area contributed by atoms with Crippen LogP contribution in [0.4, 0.5) is 0 Å². The van der Waals surface area contributed by atoms with Crippen molar-refractivity contribution in [2.45, 2.75) is 77.7 Å². The molecule has 0 aromatic heterocycles. The summed E-state index contributed by atoms with van der Waals surface area (Å²) < 4.78 is 32.2. The van der Waals surface area contributed by atoms with Crippen molar-refractivity contribution in [2.75, 3.05) is 47.5 Å². The summed E-state index contributed by atoms with van der Waals surface area (Å²) >= 11 is 0. The highest BCUT2D eigenvalue weighted by Crippen LogP contribution is 2.38. The van der Waals surface area contributed by atoms with Gasteiger partial charge in [-0.1, -0.05) is 62.3 Å². The molecule has 0 aliphatic heterocycles. The Bertz CT molecular complexity index is 919. The smallest absolute Gasteiger partial charge is 0.306 e. The third-order valence-electron chi connectivity index (χ3n) is 5.39. The van der Waals surface area contributed by atoms with Crippen LogP contribution >= 0.6 is 7.82 Å². The van der Waals surface area contributed by atoms with Gasteiger partial charge in [0.1, 0.15) is 19.8 Å². The third-order valence-corrected chi connectivity index (χ3v) is 6.35. The van der Waals surface area contributed by atoms with Gasteiger partial charge in [-0.3, -0.25) is 18.9 Å². The number of carbonyl (C=O) groups excluding carboxylic acids is 3. The summed E-state index contributed by atoms with van der Waals surface area (Å²) in [6.45, 7) is 2.78. The molecular weight excluding hydrogens is 549 g/mol. The SMILES string of the molecule is CCCCC/C=C\C/C=C\C/C=C\C=C\C(=O)CCCC(=O)O[C@H](COC(C)=O)COP(=O)([O-])OCC[N+](C)(C)C. The van der Waals surface area contributed by atoms with E-state index in [0.717, 1.165) is 19.3 Å². The van der Waals surface area contributed by atoms with Gasteiger partial charge in [0.15, 0.2) is 11.9 Å². The molecule has 10 nitrogen and oxygen atoms in total. The lowest BCUT2D eigenvalue weighted by molar-refractivity contribution is -0.870. The number of nitrogens with zero attached hydrogens (tertiary/aromatic N) is 1. The first-order valence-corrected chi connectivity index (χ1v) is 15.7. The van der Waals surface area contributed by atoms with Crippen LogP contribution in [0.2, 0.25) is 0 Å². The van der Waals surface area contributed by atoms with E-state index in [1.54, 1.807) is 12.2 Å². The molecule has 1 unspecified atom stereocenters. The Balaban J connectivity index is 4.36. The molecule has 234 valence electrons. The van der Waals surface area contributed by atoms with E-state index in [-0.39, 0.29) is 38.3 Å². The molecule has 0 aliphatic rings. The predicted octanol–water partition coefficient (Wildman–Crippen LogP) is 4.99. The first-order chi connectivity index (χ1) is 19.3. The summed E-state index contributed by atoms with van der Waals surface area (Å²) in [5.74, 6) is -1.43. The number of ketones is 1. The Labute approximate surface area is 246 Å². The van der Waals surface area contributed by atoms with E-state index in [1.807, 2.05) is 27.2 Å². The van der Waals surface area contributed by atoms with Crippen molar-refractivity contribution < 1.29 is 46.8 Å². The van der Waals surface area contributed by atoms with Crippen molar-refractivity contribution in [3.8, 4) is 0 Å². The van der Waals surface area contributed by atoms with Crippen molar-refractivity contribution in [2.24, 2.45) is 0 Å². The molecule has 0 saturated carbocycles. The lowest BCUT2D eigenvalue weighted by Crippen LogP contribution is -2.37. The molecule has 0 bridgehead atoms. The topological polar surface area (TPSA) is 128 Å². The number of likely N-dealkylation sites (N-methyl/N-ethyl adjacent to an activating group) is 1. The van der Waals surface area contributed by atoms with Gasteiger partial charge in [-0.25, -0.2) is 0 Å². The maximum atomic E-state index is 12.2. The van der Waals surface area contributed by atoms with E-state index in [1.165, 1.54) is 32.3 Å². The normalized spacial score (nSPS) is 14.7. The number of ether oxygens (including phenoxy) is 2. The van der Waals surface area contributed by atoms with Gasteiger partial charge in [-0.05, 0) is 38.2 Å². The number of phosphoric ester groups is 1. The van der Waals surface area contributed by atoms with Crippen LogP contribution < -0.4 is 4.89 Å². The van der Waals surface area contributed by atoms with Crippen molar-refractivity contribution in [3.05, 3.63) is 48.6 Å². The van der Waals surface area contributed by atoms with Crippen LogP contribution in [-0.4, -0.2) is 75.8 Å². The van der Waals surface area contributed by atoms with Crippen molar-refractivity contribution in [1.29, 1.82) is 0 Å². The van der Waals surface area contributed by atoms with Crippen LogP contribution in [0, 0.1) is 0 Å². The monoisotopic (exact) mass is 599 g/mol. The van der Waals surface area contributed by atoms with Gasteiger partial charge >= 0.3 is 11.9 Å². The van der Waals surface area contributed by atoms with Gasteiger partial charge in [-0.15, -0.1) is 0 Å². The molecule has 0 aromatic rings. The summed E-state index contributed by atoms with van der Waals surface area (Å²) in [4.78, 5) is 47.4. The third kappa shape index (κ3) is 27.6. The van der Waals surface area contributed by atoms with Crippen molar-refractivity contribution in [1.82, 2.24) is 0 Å². The number of rotatable bonds is 24. The molecule has 0 N–H and O–H groups in total. The Hall–Kier alpha value is -2.36. The van der Waals surface area contributed by atoms with E-state index < -0.39 is 32.5 Å². The first-order valence-electron chi connectivity index (χ1n) is 14.2. The fraction of sp³-hybridized carbons (Fsp3) is 0.633. The molecule has 0 aliphatic carbocycles. The second-order valence-corrected chi connectivity index (χ2v) is 11.9. The predicted molar refractivity (Wildman–Crippen MR) is 158 cm³/mol. The molecule has 41 heavy (non-hydrogen) atoms. The van der Waals surface area contributed by atoms with Gasteiger partial charge in [-0.2, -0.15) is 0 Å². The molecule has 11 heteroatoms. The second-order valence-electron chi connectivity index (χ2n) is 10.5. The van der Waals surface area contributed by atoms with Crippen LogP contribution in [-0.2, 0) is 37.5 Å². The zero-order valence-electron chi connectivity index (χ0n) is 25.5. The van der Waals surface area contributed by atoms with Crippen LogP contribution in [0.15, 0.2) is 48.6 Å². The summed E-state index contributed by atoms with van der Waals surface area (Å²) in [5.41, 5.74) is 0. The maximum Gasteiger partial charge on any atom is 0.306 e. The Morgan fingerprint density at radius 3 is 2.22 bits per heavy atom. The highest BCUT2D eigenvalue weighted by atomic mass is 31.2. The molecule has 0 amide bonds. The number of esters is 2. The van der Waals surface area contributed by atoms with E-state index >= 15 is 0 Å². The fourth-order valence-electron chi connectivity index (χ4n) is 3.10. The molecule has 0 fully saturated rings. The average molecular weight is 600 g/mol. The van der Waals surface area contributed by atoms with E-state index in [4.69, 9.17) is 18.5 Å². The van der Waals surface area contributed by atoms with Crippen molar-refractivity contribution >= 4 is 25.5 Å². The standard InChI is InChI=1S/C30H50NO9P/c1-6-7-8-9-10-11-12-13-14-15-16-17-18-20-28(33)21-19-22-30(34)40-29(25-37-27(2)32)26-39-41(35,36)38-24-23-31(3,4)5/h10-11,13-14,16-18,20,29H,6-9,12,15,19,21-26H2,1-5H3/b11-10-,14-13-,17-16-,20-18+/t29-/m1/s1. The molecule has 0 heterocycles. The number of allylic oxidation sites excluding steroid dienone is 8. The zero-order valence-corrected chi connectivity index (χ0v) is 26.4. The highest BCUT2D eigenvalue weighted by molar-refractivity contribution is 7.45. The number of hydrogen-bond acceptors (Lipinski definition) is 9. The van der Waals surface area contributed by atoms with Gasteiger partial charge in [0.05, 0.1) is 27.7 Å². The quantitative estimate of drug-likeness (QED) is 0.0287. The fourth-order valence-corrected chi connectivity index (χ4v) is 3.82. The minimum absolute atomic E-state index is 0.0706. The number of phosphoric acid groups is 1. The summed E-state index contributed by atoms with van der Waals surface area (Å²) in [5, 5.41) is 0. The Morgan fingerprint density at radius 1 is 0.878 bits per heavy atom. The number of hydrogen-bond donors (Lipinski definition) is 0. The Morgan fingerprint density at radius 2 is 1.56 bits per heavy atom. The molecule has 0 spiro atoms. The summed E-state index contributed by atoms with van der Waals surface area (Å²) in [6.07, 6.45) is 21.2. The molecule has 2 atom stereocenters. The van der Waals surface area contributed by atoms with E-state index in [0.29, 0.717) is 11.0 Å². The average Bonchev–Trinajstić information content (AvgIpc) is 2.87. The molecule has 0 radical (unpaired) electrons. The minimum Gasteiger partial charge on any atom is -0.756 e. The van der Waals surface area contributed by atoms with E-state index in [9.17, 15) is 23.8 Å². The molecular formula is C30H50NO9P. The lowest BCUT2D eigenvalue weighted by atomic mass is 10.1. The molecule has 0 rings (SSSR count). The zero-order chi connectivity index (χ0) is 31.0. The number of unbranched alkanes of at least 4 members (excludes halogenated alkanes) is 3. The summed E-state index contributed by atoms with van der Waals surface area (Å²) in [6, 6.07) is 0.